The van der Waals surface area contributed by atoms with E-state index in [2.05, 4.69) is 5.32 Å². The lowest BCUT2D eigenvalue weighted by molar-refractivity contribution is -0.139. The minimum atomic E-state index is -1.07. The number of anilines is 1. The molecule has 0 saturated carbocycles. The van der Waals surface area contributed by atoms with Gasteiger partial charge in [-0.15, -0.1) is 0 Å². The second-order valence-corrected chi connectivity index (χ2v) is 3.96. The molecule has 0 bridgehead atoms. The largest absolute Gasteiger partial charge is 0.480 e. The summed E-state index contributed by atoms with van der Waals surface area (Å²) in [7, 11) is 3.57. The maximum absolute atomic E-state index is 11.6. The second kappa shape index (κ2) is 6.61. The molecule has 0 atom stereocenters. The maximum atomic E-state index is 11.6. The average molecular weight is 252 g/mol. The Labute approximate surface area is 105 Å². The molecule has 0 unspecified atom stereocenters. The molecule has 1 aromatic rings. The van der Waals surface area contributed by atoms with Crippen molar-refractivity contribution in [1.29, 1.82) is 0 Å². The van der Waals surface area contributed by atoms with E-state index in [-0.39, 0.29) is 12.5 Å². The zero-order valence-corrected chi connectivity index (χ0v) is 10.3. The van der Waals surface area contributed by atoms with Gasteiger partial charge in [0.15, 0.2) is 6.61 Å². The summed E-state index contributed by atoms with van der Waals surface area (Å²) in [4.78, 5) is 23.8. The first kappa shape index (κ1) is 14.0. The molecule has 0 aliphatic rings. The zero-order valence-electron chi connectivity index (χ0n) is 10.3. The van der Waals surface area contributed by atoms with Gasteiger partial charge in [0.25, 0.3) is 0 Å². The summed E-state index contributed by atoms with van der Waals surface area (Å²) in [5.41, 5.74) is 0.464. The van der Waals surface area contributed by atoms with Crippen molar-refractivity contribution in [3.05, 3.63) is 24.3 Å². The Kier molecular flexibility index (Phi) is 5.13. The summed E-state index contributed by atoms with van der Waals surface area (Å²) in [5, 5.41) is 11.2. The molecule has 0 saturated heterocycles. The highest BCUT2D eigenvalue weighted by Crippen LogP contribution is 2.23. The highest BCUT2D eigenvalue weighted by atomic mass is 16.5. The predicted octanol–water partition coefficient (Wildman–Crippen LogP) is 0.650. The van der Waals surface area contributed by atoms with Crippen LogP contribution >= 0.6 is 0 Å². The van der Waals surface area contributed by atoms with Crippen molar-refractivity contribution in [1.82, 2.24) is 4.90 Å². The Morgan fingerprint density at radius 1 is 1.33 bits per heavy atom. The van der Waals surface area contributed by atoms with Gasteiger partial charge in [-0.25, -0.2) is 4.79 Å². The molecule has 0 aliphatic heterocycles. The zero-order chi connectivity index (χ0) is 13.5. The third-order valence-corrected chi connectivity index (χ3v) is 1.97. The number of carbonyl (C=O) groups is 2. The Balaban J connectivity index is 2.69. The molecule has 1 aromatic carbocycles. The van der Waals surface area contributed by atoms with Gasteiger partial charge in [0, 0.05) is 0 Å². The van der Waals surface area contributed by atoms with Crippen LogP contribution in [0.1, 0.15) is 0 Å². The Bertz CT molecular complexity index is 432. The predicted molar refractivity (Wildman–Crippen MR) is 66.8 cm³/mol. The summed E-state index contributed by atoms with van der Waals surface area (Å²) in [6.07, 6.45) is 0. The maximum Gasteiger partial charge on any atom is 0.341 e. The lowest BCUT2D eigenvalue weighted by Gasteiger charge is -2.13. The van der Waals surface area contributed by atoms with Crippen molar-refractivity contribution in [2.45, 2.75) is 0 Å². The van der Waals surface area contributed by atoms with Gasteiger partial charge in [-0.05, 0) is 26.2 Å². The molecule has 0 aliphatic carbocycles. The van der Waals surface area contributed by atoms with E-state index in [1.54, 1.807) is 43.3 Å². The summed E-state index contributed by atoms with van der Waals surface area (Å²) >= 11 is 0. The van der Waals surface area contributed by atoms with Crippen molar-refractivity contribution in [2.24, 2.45) is 0 Å². The number of likely N-dealkylation sites (N-methyl/N-ethyl adjacent to an activating group) is 1. The topological polar surface area (TPSA) is 78.9 Å². The first-order chi connectivity index (χ1) is 8.49. The van der Waals surface area contributed by atoms with Crippen LogP contribution in [0.25, 0.3) is 0 Å². The van der Waals surface area contributed by atoms with E-state index in [0.717, 1.165) is 0 Å². The first-order valence-corrected chi connectivity index (χ1v) is 5.37. The monoisotopic (exact) mass is 252 g/mol. The molecule has 0 radical (unpaired) electrons. The van der Waals surface area contributed by atoms with Crippen LogP contribution in [0.5, 0.6) is 5.75 Å². The minimum absolute atomic E-state index is 0.189. The number of carbonyl (C=O) groups excluding carboxylic acids is 1. The second-order valence-electron chi connectivity index (χ2n) is 3.96. The number of nitrogens with one attached hydrogen (secondary N) is 1. The lowest BCUT2D eigenvalue weighted by atomic mass is 10.3. The van der Waals surface area contributed by atoms with Crippen LogP contribution in [-0.4, -0.2) is 49.1 Å². The highest BCUT2D eigenvalue weighted by molar-refractivity contribution is 5.93. The third kappa shape index (κ3) is 4.84. The number of aliphatic carboxylic acids is 1. The van der Waals surface area contributed by atoms with Gasteiger partial charge in [-0.2, -0.15) is 0 Å². The minimum Gasteiger partial charge on any atom is -0.480 e. The fraction of sp³-hybridized carbons (Fsp3) is 0.333. The molecule has 1 rings (SSSR count). The molecule has 2 N–H and O–H groups in total. The van der Waals surface area contributed by atoms with Crippen LogP contribution in [0.4, 0.5) is 5.69 Å². The summed E-state index contributed by atoms with van der Waals surface area (Å²) in [5.74, 6) is -0.914. The molecule has 1 amide bonds. The van der Waals surface area contributed by atoms with Crippen LogP contribution in [-0.2, 0) is 9.59 Å². The van der Waals surface area contributed by atoms with Gasteiger partial charge in [0.1, 0.15) is 5.75 Å². The van der Waals surface area contributed by atoms with Gasteiger partial charge >= 0.3 is 5.97 Å². The molecule has 0 heterocycles. The van der Waals surface area contributed by atoms with E-state index in [1.165, 1.54) is 0 Å². The van der Waals surface area contributed by atoms with Gasteiger partial charge < -0.3 is 20.1 Å². The Hall–Kier alpha value is -2.08. The van der Waals surface area contributed by atoms with E-state index in [0.29, 0.717) is 11.4 Å². The van der Waals surface area contributed by atoms with Crippen molar-refractivity contribution in [3.63, 3.8) is 0 Å². The number of carboxylic acids is 1. The fourth-order valence-corrected chi connectivity index (χ4v) is 1.31. The SMILES string of the molecule is CN(C)CC(=O)Nc1ccccc1OCC(=O)O. The Morgan fingerprint density at radius 2 is 2.00 bits per heavy atom. The molecular weight excluding hydrogens is 236 g/mol. The molecule has 0 aromatic heterocycles. The normalized spacial score (nSPS) is 10.2. The number of hydrogen-bond donors (Lipinski definition) is 2. The van der Waals surface area contributed by atoms with E-state index in [4.69, 9.17) is 9.84 Å². The number of amides is 1. The van der Waals surface area contributed by atoms with Crippen LogP contribution in [0.15, 0.2) is 24.3 Å². The molecule has 18 heavy (non-hydrogen) atoms. The Morgan fingerprint density at radius 3 is 2.61 bits per heavy atom. The van der Waals surface area contributed by atoms with Crippen molar-refractivity contribution in [3.8, 4) is 5.75 Å². The molecule has 6 heteroatoms. The van der Waals surface area contributed by atoms with Crippen molar-refractivity contribution >= 4 is 17.6 Å². The van der Waals surface area contributed by atoms with Crippen molar-refractivity contribution in [2.75, 3.05) is 32.6 Å². The van der Waals surface area contributed by atoms with Crippen LogP contribution in [0.2, 0.25) is 0 Å². The number of nitrogens with zero attached hydrogens (tertiary/aromatic N) is 1. The van der Waals surface area contributed by atoms with Gasteiger partial charge in [-0.1, -0.05) is 12.1 Å². The average Bonchev–Trinajstić information content (AvgIpc) is 2.26. The smallest absolute Gasteiger partial charge is 0.341 e. The lowest BCUT2D eigenvalue weighted by Crippen LogP contribution is -2.27. The number of ether oxygens (including phenoxy) is 1. The van der Waals surface area contributed by atoms with Crippen LogP contribution < -0.4 is 10.1 Å². The first-order valence-electron chi connectivity index (χ1n) is 5.37. The standard InChI is InChI=1S/C12H16N2O4/c1-14(2)7-11(15)13-9-5-3-4-6-10(9)18-8-12(16)17/h3-6H,7-8H2,1-2H3,(H,13,15)(H,16,17). The summed E-state index contributed by atoms with van der Waals surface area (Å²) in [6, 6.07) is 6.71. The van der Waals surface area contributed by atoms with Crippen LogP contribution in [0, 0.1) is 0 Å². The number of hydrogen-bond acceptors (Lipinski definition) is 4. The number of carboxylic acid groups (broad SMARTS) is 1. The molecule has 0 spiro atoms. The number of para-hydroxylation sites is 2. The van der Waals surface area contributed by atoms with E-state index < -0.39 is 12.6 Å². The van der Waals surface area contributed by atoms with Crippen molar-refractivity contribution < 1.29 is 19.4 Å². The van der Waals surface area contributed by atoms with Gasteiger partial charge in [-0.3, -0.25) is 4.79 Å². The fourth-order valence-electron chi connectivity index (χ4n) is 1.31. The highest BCUT2D eigenvalue weighted by Gasteiger charge is 2.09. The van der Waals surface area contributed by atoms with Gasteiger partial charge in [0.2, 0.25) is 5.91 Å². The van der Waals surface area contributed by atoms with E-state index >= 15 is 0 Å². The van der Waals surface area contributed by atoms with E-state index in [9.17, 15) is 9.59 Å². The molecular formula is C12H16N2O4. The third-order valence-electron chi connectivity index (χ3n) is 1.97. The molecule has 98 valence electrons. The summed E-state index contributed by atoms with van der Waals surface area (Å²) in [6.45, 7) is -0.201. The summed E-state index contributed by atoms with van der Waals surface area (Å²) < 4.78 is 5.08. The molecule has 6 nitrogen and oxygen atoms in total. The van der Waals surface area contributed by atoms with E-state index in [1.807, 2.05) is 0 Å². The van der Waals surface area contributed by atoms with Gasteiger partial charge in [0.05, 0.1) is 12.2 Å². The number of rotatable bonds is 6. The quantitative estimate of drug-likeness (QED) is 0.777. The number of benzene rings is 1. The molecule has 0 fully saturated rings. The van der Waals surface area contributed by atoms with Crippen LogP contribution in [0.3, 0.4) is 0 Å².